The minimum atomic E-state index is -4.09. The number of hydrogen-bond donors (Lipinski definition) is 1. The molecule has 6 nitrogen and oxygen atoms in total. The van der Waals surface area contributed by atoms with Crippen molar-refractivity contribution in [3.63, 3.8) is 0 Å². The summed E-state index contributed by atoms with van der Waals surface area (Å²) in [4.78, 5) is 14.0. The van der Waals surface area contributed by atoms with Crippen LogP contribution < -0.4 is 5.32 Å². The van der Waals surface area contributed by atoms with Crippen LogP contribution in [0.15, 0.2) is 120 Å². The van der Waals surface area contributed by atoms with Gasteiger partial charge in [0.05, 0.1) is 18.0 Å². The Labute approximate surface area is 223 Å². The van der Waals surface area contributed by atoms with Crippen LogP contribution in [0.5, 0.6) is 0 Å². The SMILES string of the molecule is COC(=O)[C@]1(Cc2ccccc2)N[C@H](c2ccccc2)N(S(=O)(=O)c2ccc(C)cc2)[C@@H]1c1ccccc1. The van der Waals surface area contributed by atoms with Crippen LogP contribution in [-0.4, -0.2) is 31.3 Å². The molecular weight excluding hydrogens is 496 g/mol. The van der Waals surface area contributed by atoms with Gasteiger partial charge in [0.15, 0.2) is 0 Å². The molecule has 0 aromatic heterocycles. The first-order valence-electron chi connectivity index (χ1n) is 12.5. The molecule has 4 aromatic carbocycles. The molecule has 4 aromatic rings. The van der Waals surface area contributed by atoms with Crippen molar-refractivity contribution in [3.05, 3.63) is 138 Å². The van der Waals surface area contributed by atoms with Crippen LogP contribution in [0, 0.1) is 6.92 Å². The van der Waals surface area contributed by atoms with E-state index in [2.05, 4.69) is 5.32 Å². The van der Waals surface area contributed by atoms with Gasteiger partial charge in [0.2, 0.25) is 10.0 Å². The Morgan fingerprint density at radius 3 is 1.89 bits per heavy atom. The summed E-state index contributed by atoms with van der Waals surface area (Å²) >= 11 is 0. The topological polar surface area (TPSA) is 75.7 Å². The number of esters is 1. The lowest BCUT2D eigenvalue weighted by molar-refractivity contribution is -0.149. The van der Waals surface area contributed by atoms with E-state index in [4.69, 9.17) is 4.74 Å². The molecule has 0 radical (unpaired) electrons. The second-order valence-electron chi connectivity index (χ2n) is 9.54. The van der Waals surface area contributed by atoms with Gasteiger partial charge in [-0.25, -0.2) is 13.2 Å². The average molecular weight is 527 g/mol. The summed E-state index contributed by atoms with van der Waals surface area (Å²) in [7, 11) is -2.75. The van der Waals surface area contributed by atoms with Crippen LogP contribution in [0.1, 0.15) is 34.5 Å². The summed E-state index contributed by atoms with van der Waals surface area (Å²) < 4.78 is 35.8. The molecular formula is C31H30N2O4S. The number of carbonyl (C=O) groups is 1. The van der Waals surface area contributed by atoms with Gasteiger partial charge in [-0.15, -0.1) is 0 Å². The molecule has 0 saturated carbocycles. The van der Waals surface area contributed by atoms with Crippen molar-refractivity contribution in [3.8, 4) is 0 Å². The molecule has 5 rings (SSSR count). The van der Waals surface area contributed by atoms with Crippen molar-refractivity contribution in [2.75, 3.05) is 7.11 Å². The third-order valence-electron chi connectivity index (χ3n) is 7.07. The zero-order valence-corrected chi connectivity index (χ0v) is 22.1. The Morgan fingerprint density at radius 2 is 1.34 bits per heavy atom. The van der Waals surface area contributed by atoms with E-state index in [0.717, 1.165) is 16.7 Å². The molecule has 0 amide bonds. The van der Waals surface area contributed by atoms with E-state index < -0.39 is 33.7 Å². The van der Waals surface area contributed by atoms with Gasteiger partial charge in [0.25, 0.3) is 0 Å². The molecule has 7 heteroatoms. The molecule has 1 N–H and O–H groups in total. The summed E-state index contributed by atoms with van der Waals surface area (Å²) in [6.07, 6.45) is -0.598. The van der Waals surface area contributed by atoms with E-state index >= 15 is 0 Å². The maximum Gasteiger partial charge on any atom is 0.328 e. The summed E-state index contributed by atoms with van der Waals surface area (Å²) in [6.45, 7) is 1.91. The highest BCUT2D eigenvalue weighted by Gasteiger charge is 2.61. The lowest BCUT2D eigenvalue weighted by Crippen LogP contribution is -2.54. The molecule has 0 aliphatic carbocycles. The van der Waals surface area contributed by atoms with Crippen molar-refractivity contribution in [1.29, 1.82) is 0 Å². The fraction of sp³-hybridized carbons (Fsp3) is 0.194. The second-order valence-corrected chi connectivity index (χ2v) is 11.4. The molecule has 1 aliphatic rings. The Morgan fingerprint density at radius 1 is 0.816 bits per heavy atom. The predicted molar refractivity (Wildman–Crippen MR) is 147 cm³/mol. The molecule has 1 saturated heterocycles. The van der Waals surface area contributed by atoms with E-state index in [1.54, 1.807) is 24.3 Å². The third kappa shape index (κ3) is 4.65. The molecule has 38 heavy (non-hydrogen) atoms. The highest BCUT2D eigenvalue weighted by molar-refractivity contribution is 7.89. The zero-order valence-electron chi connectivity index (χ0n) is 21.3. The summed E-state index contributed by atoms with van der Waals surface area (Å²) in [5.74, 6) is -0.530. The summed E-state index contributed by atoms with van der Waals surface area (Å²) in [6, 6.07) is 34.1. The Kier molecular flexibility index (Phi) is 7.17. The molecule has 0 bridgehead atoms. The monoisotopic (exact) mass is 526 g/mol. The van der Waals surface area contributed by atoms with Crippen LogP contribution in [0.3, 0.4) is 0 Å². The van der Waals surface area contributed by atoms with Gasteiger partial charge < -0.3 is 4.74 Å². The van der Waals surface area contributed by atoms with Crippen LogP contribution >= 0.6 is 0 Å². The van der Waals surface area contributed by atoms with Crippen molar-refractivity contribution in [2.24, 2.45) is 0 Å². The molecule has 194 valence electrons. The molecule has 1 fully saturated rings. The first-order chi connectivity index (χ1) is 18.4. The van der Waals surface area contributed by atoms with Gasteiger partial charge in [-0.3, -0.25) is 5.32 Å². The van der Waals surface area contributed by atoms with E-state index in [-0.39, 0.29) is 11.3 Å². The highest BCUT2D eigenvalue weighted by Crippen LogP contribution is 2.49. The number of nitrogens with zero attached hydrogens (tertiary/aromatic N) is 1. The van der Waals surface area contributed by atoms with Crippen LogP contribution in [-0.2, 0) is 26.0 Å². The largest absolute Gasteiger partial charge is 0.468 e. The van der Waals surface area contributed by atoms with E-state index in [9.17, 15) is 13.2 Å². The molecule has 0 unspecified atom stereocenters. The Bertz CT molecular complexity index is 1490. The van der Waals surface area contributed by atoms with Gasteiger partial charge in [0.1, 0.15) is 11.7 Å². The molecule has 1 heterocycles. The number of methoxy groups -OCH3 is 1. The number of aryl methyl sites for hydroxylation is 1. The van der Waals surface area contributed by atoms with Crippen molar-refractivity contribution in [2.45, 2.75) is 36.0 Å². The minimum absolute atomic E-state index is 0.159. The maximum atomic E-state index is 14.5. The van der Waals surface area contributed by atoms with Crippen LogP contribution in [0.25, 0.3) is 0 Å². The van der Waals surface area contributed by atoms with E-state index in [0.29, 0.717) is 5.56 Å². The first-order valence-corrected chi connectivity index (χ1v) is 13.9. The predicted octanol–water partition coefficient (Wildman–Crippen LogP) is 5.18. The van der Waals surface area contributed by atoms with E-state index in [1.165, 1.54) is 11.4 Å². The molecule has 1 aliphatic heterocycles. The van der Waals surface area contributed by atoms with Gasteiger partial charge in [-0.2, -0.15) is 4.31 Å². The Balaban J connectivity index is 1.79. The number of sulfonamides is 1. The van der Waals surface area contributed by atoms with Gasteiger partial charge >= 0.3 is 5.97 Å². The standard InChI is InChI=1S/C31H30N2O4S/c1-23-18-20-27(21-19-23)38(35,36)33-28(25-14-8-4-9-15-25)31(30(34)37-2,22-24-12-6-3-7-13-24)32-29(33)26-16-10-5-11-17-26/h3-21,28-29,32H,22H2,1-2H3/t28-,29+,31-/m1/s1. The summed E-state index contributed by atoms with van der Waals surface area (Å²) in [5, 5.41) is 3.48. The normalized spacial score (nSPS) is 21.7. The van der Waals surface area contributed by atoms with Crippen LogP contribution in [0.2, 0.25) is 0 Å². The van der Waals surface area contributed by atoms with Gasteiger partial charge in [-0.1, -0.05) is 109 Å². The van der Waals surface area contributed by atoms with Gasteiger partial charge in [-0.05, 0) is 35.7 Å². The number of nitrogens with one attached hydrogen (secondary N) is 1. The van der Waals surface area contributed by atoms with Crippen LogP contribution in [0.4, 0.5) is 0 Å². The lowest BCUT2D eigenvalue weighted by Gasteiger charge is -2.35. The van der Waals surface area contributed by atoms with Crippen molar-refractivity contribution >= 4 is 16.0 Å². The quantitative estimate of drug-likeness (QED) is 0.336. The fourth-order valence-electron chi connectivity index (χ4n) is 5.29. The zero-order chi connectivity index (χ0) is 26.8. The van der Waals surface area contributed by atoms with E-state index in [1.807, 2.05) is 97.9 Å². The smallest absolute Gasteiger partial charge is 0.328 e. The lowest BCUT2D eigenvalue weighted by atomic mass is 9.81. The minimum Gasteiger partial charge on any atom is -0.468 e. The number of carbonyl (C=O) groups excluding carboxylic acids is 1. The summed E-state index contributed by atoms with van der Waals surface area (Å²) in [5.41, 5.74) is 1.84. The van der Waals surface area contributed by atoms with Crippen molar-refractivity contribution in [1.82, 2.24) is 9.62 Å². The highest BCUT2D eigenvalue weighted by atomic mass is 32.2. The first kappa shape index (κ1) is 25.9. The van der Waals surface area contributed by atoms with Gasteiger partial charge in [0, 0.05) is 6.42 Å². The number of hydrogen-bond acceptors (Lipinski definition) is 5. The number of benzene rings is 4. The third-order valence-corrected chi connectivity index (χ3v) is 8.92. The Hall–Kier alpha value is -3.78. The van der Waals surface area contributed by atoms with Crippen molar-refractivity contribution < 1.29 is 17.9 Å². The number of rotatable bonds is 7. The maximum absolute atomic E-state index is 14.5. The number of ether oxygens (including phenoxy) is 1. The second kappa shape index (κ2) is 10.5. The fourth-order valence-corrected chi connectivity index (χ4v) is 7.04. The molecule has 3 atom stereocenters. The average Bonchev–Trinajstić information content (AvgIpc) is 3.31. The molecule has 0 spiro atoms.